The van der Waals surface area contributed by atoms with Crippen LogP contribution in [0.1, 0.15) is 50.7 Å². The van der Waals surface area contributed by atoms with Gasteiger partial charge in [0.2, 0.25) is 0 Å². The molecule has 108 valence electrons. The van der Waals surface area contributed by atoms with E-state index in [1.165, 1.54) is 5.56 Å². The van der Waals surface area contributed by atoms with Crippen molar-refractivity contribution in [2.24, 2.45) is 5.92 Å². The van der Waals surface area contributed by atoms with Crippen molar-refractivity contribution in [3.63, 3.8) is 0 Å². The minimum Gasteiger partial charge on any atom is -0.487 e. The Labute approximate surface area is 119 Å². The molecule has 1 aromatic rings. The maximum atomic E-state index is 10.7. The van der Waals surface area contributed by atoms with Gasteiger partial charge in [0.05, 0.1) is 5.60 Å². The molecule has 1 N–H and O–H groups in total. The molecule has 0 radical (unpaired) electrons. The van der Waals surface area contributed by atoms with Crippen LogP contribution in [-0.2, 0) is 0 Å². The zero-order chi connectivity index (χ0) is 14.3. The summed E-state index contributed by atoms with van der Waals surface area (Å²) in [7, 11) is 0. The van der Waals surface area contributed by atoms with Gasteiger partial charge in [0.25, 0.3) is 0 Å². The molecular weight excluding hydrogens is 252 g/mol. The lowest BCUT2D eigenvalue weighted by atomic mass is 9.62. The molecule has 0 bridgehead atoms. The molecule has 3 nitrogen and oxygen atoms in total. The first kappa shape index (κ1) is 12.5. The Morgan fingerprint density at radius 2 is 1.90 bits per heavy atom. The van der Waals surface area contributed by atoms with Gasteiger partial charge in [-0.2, -0.15) is 0 Å². The van der Waals surface area contributed by atoms with Crippen LogP contribution in [0.2, 0.25) is 0 Å². The normalized spacial score (nSPS) is 39.8. The molecular formula is C17H22O3. The average molecular weight is 274 g/mol. The topological polar surface area (TPSA) is 38.7 Å². The van der Waals surface area contributed by atoms with Crippen LogP contribution >= 0.6 is 0 Å². The summed E-state index contributed by atoms with van der Waals surface area (Å²) in [6, 6.07) is 4.18. The van der Waals surface area contributed by atoms with Crippen LogP contribution in [0.25, 0.3) is 0 Å². The third-order valence-electron chi connectivity index (χ3n) is 5.44. The number of rotatable bonds is 0. The maximum Gasteiger partial charge on any atom is 0.134 e. The van der Waals surface area contributed by atoms with Gasteiger partial charge in [0.1, 0.15) is 23.2 Å². The van der Waals surface area contributed by atoms with E-state index in [9.17, 15) is 5.11 Å². The SMILES string of the molecule is Cc1cc2c3c(c1)OC(C)(C)[C@@H]1CC[C@](C)(O)[C@H](O2)[C@H]31. The summed E-state index contributed by atoms with van der Waals surface area (Å²) in [4.78, 5) is 0. The molecule has 20 heavy (non-hydrogen) atoms. The maximum absolute atomic E-state index is 10.7. The van der Waals surface area contributed by atoms with E-state index in [2.05, 4.69) is 32.9 Å². The van der Waals surface area contributed by atoms with Crippen LogP contribution in [-0.4, -0.2) is 22.4 Å². The summed E-state index contributed by atoms with van der Waals surface area (Å²) in [5, 5.41) is 10.7. The molecule has 4 atom stereocenters. The molecule has 4 rings (SSSR count). The highest BCUT2D eigenvalue weighted by Gasteiger charge is 2.59. The molecule has 0 unspecified atom stereocenters. The number of hydrogen-bond donors (Lipinski definition) is 1. The van der Waals surface area contributed by atoms with Gasteiger partial charge in [-0.15, -0.1) is 0 Å². The fourth-order valence-electron chi connectivity index (χ4n) is 4.44. The van der Waals surface area contributed by atoms with Crippen molar-refractivity contribution in [2.75, 3.05) is 0 Å². The molecule has 3 aliphatic rings. The number of hydrogen-bond acceptors (Lipinski definition) is 3. The quantitative estimate of drug-likeness (QED) is 0.789. The summed E-state index contributed by atoms with van der Waals surface area (Å²) >= 11 is 0. The molecule has 2 heterocycles. The Balaban J connectivity index is 1.94. The molecule has 1 fully saturated rings. The van der Waals surface area contributed by atoms with Crippen molar-refractivity contribution in [3.05, 3.63) is 23.3 Å². The van der Waals surface area contributed by atoms with Crippen molar-refractivity contribution < 1.29 is 14.6 Å². The minimum absolute atomic E-state index is 0.139. The summed E-state index contributed by atoms with van der Waals surface area (Å²) in [6.45, 7) is 8.30. The van der Waals surface area contributed by atoms with Gasteiger partial charge < -0.3 is 14.6 Å². The highest BCUT2D eigenvalue weighted by molar-refractivity contribution is 5.56. The summed E-state index contributed by atoms with van der Waals surface area (Å²) < 4.78 is 12.4. The molecule has 1 aliphatic carbocycles. The smallest absolute Gasteiger partial charge is 0.134 e. The molecule has 1 saturated carbocycles. The predicted octanol–water partition coefficient (Wildman–Crippen LogP) is 3.17. The van der Waals surface area contributed by atoms with Gasteiger partial charge in [-0.3, -0.25) is 0 Å². The first-order chi connectivity index (χ1) is 9.29. The van der Waals surface area contributed by atoms with Crippen LogP contribution in [0.5, 0.6) is 11.5 Å². The first-order valence-corrected chi connectivity index (χ1v) is 7.52. The molecule has 0 aromatic heterocycles. The molecule has 0 saturated heterocycles. The van der Waals surface area contributed by atoms with Gasteiger partial charge in [-0.1, -0.05) is 0 Å². The van der Waals surface area contributed by atoms with E-state index in [1.54, 1.807) is 0 Å². The van der Waals surface area contributed by atoms with E-state index < -0.39 is 5.60 Å². The Morgan fingerprint density at radius 3 is 2.65 bits per heavy atom. The standard InChI is InChI=1S/C17H22O3/c1-9-7-11-14-12(8-9)20-16(2,3)10-5-6-17(4,18)15(19-11)13(10)14/h7-8,10,13,15,18H,5-6H2,1-4H3/t10-,13+,15-,17+/m1/s1. The lowest BCUT2D eigenvalue weighted by Crippen LogP contribution is -2.56. The summed E-state index contributed by atoms with van der Waals surface area (Å²) in [5.41, 5.74) is 1.38. The third kappa shape index (κ3) is 1.44. The molecule has 3 heteroatoms. The van der Waals surface area contributed by atoms with E-state index >= 15 is 0 Å². The number of benzene rings is 1. The Bertz CT molecular complexity index is 588. The molecule has 0 spiro atoms. The monoisotopic (exact) mass is 274 g/mol. The fraction of sp³-hybridized carbons (Fsp3) is 0.647. The van der Waals surface area contributed by atoms with Crippen LogP contribution in [0, 0.1) is 12.8 Å². The minimum atomic E-state index is -0.751. The highest BCUT2D eigenvalue weighted by Crippen LogP contribution is 2.60. The highest BCUT2D eigenvalue weighted by atomic mass is 16.5. The summed E-state index contributed by atoms with van der Waals surface area (Å²) in [6.07, 6.45) is 1.62. The Kier molecular flexibility index (Phi) is 2.19. The molecule has 1 aromatic carbocycles. The number of aryl methyl sites for hydroxylation is 1. The van der Waals surface area contributed by atoms with Crippen LogP contribution in [0.3, 0.4) is 0 Å². The van der Waals surface area contributed by atoms with E-state index in [0.29, 0.717) is 5.92 Å². The lowest BCUT2D eigenvalue weighted by Gasteiger charge is -2.50. The van der Waals surface area contributed by atoms with Crippen LogP contribution < -0.4 is 9.47 Å². The second-order valence-corrected chi connectivity index (χ2v) is 7.45. The van der Waals surface area contributed by atoms with Gasteiger partial charge in [-0.05, 0) is 58.2 Å². The average Bonchev–Trinajstić information content (AvgIpc) is 2.67. The van der Waals surface area contributed by atoms with E-state index in [1.807, 2.05) is 6.92 Å². The van der Waals surface area contributed by atoms with Crippen LogP contribution in [0.15, 0.2) is 12.1 Å². The Morgan fingerprint density at radius 1 is 1.20 bits per heavy atom. The van der Waals surface area contributed by atoms with Crippen molar-refractivity contribution in [1.82, 2.24) is 0 Å². The van der Waals surface area contributed by atoms with Gasteiger partial charge in [-0.25, -0.2) is 0 Å². The van der Waals surface area contributed by atoms with Crippen molar-refractivity contribution in [3.8, 4) is 11.5 Å². The lowest BCUT2D eigenvalue weighted by molar-refractivity contribution is -0.119. The van der Waals surface area contributed by atoms with Gasteiger partial charge in [0, 0.05) is 17.4 Å². The predicted molar refractivity (Wildman–Crippen MR) is 76.4 cm³/mol. The third-order valence-corrected chi connectivity index (χ3v) is 5.44. The zero-order valence-corrected chi connectivity index (χ0v) is 12.6. The number of ether oxygens (including phenoxy) is 2. The van der Waals surface area contributed by atoms with Crippen molar-refractivity contribution in [2.45, 2.75) is 63.8 Å². The Hall–Kier alpha value is -1.22. The van der Waals surface area contributed by atoms with Crippen molar-refractivity contribution >= 4 is 0 Å². The number of aliphatic hydroxyl groups is 1. The van der Waals surface area contributed by atoms with Gasteiger partial charge in [0.15, 0.2) is 0 Å². The van der Waals surface area contributed by atoms with E-state index in [0.717, 1.165) is 29.9 Å². The van der Waals surface area contributed by atoms with Crippen molar-refractivity contribution in [1.29, 1.82) is 0 Å². The fourth-order valence-corrected chi connectivity index (χ4v) is 4.44. The first-order valence-electron chi connectivity index (χ1n) is 7.52. The zero-order valence-electron chi connectivity index (χ0n) is 12.6. The summed E-state index contributed by atoms with van der Waals surface area (Å²) in [5.74, 6) is 2.53. The molecule has 0 amide bonds. The van der Waals surface area contributed by atoms with Gasteiger partial charge >= 0.3 is 0 Å². The van der Waals surface area contributed by atoms with Crippen LogP contribution in [0.4, 0.5) is 0 Å². The van der Waals surface area contributed by atoms with E-state index in [-0.39, 0.29) is 17.6 Å². The second kappa shape index (κ2) is 3.51. The second-order valence-electron chi connectivity index (χ2n) is 7.45. The molecule has 2 aliphatic heterocycles. The largest absolute Gasteiger partial charge is 0.487 e. The van der Waals surface area contributed by atoms with E-state index in [4.69, 9.17) is 9.47 Å².